The number of carbonyl (C=O) groups is 2. The Balaban J connectivity index is 1.67. The maximum Gasteiger partial charge on any atom is 0.286 e. The van der Waals surface area contributed by atoms with Crippen molar-refractivity contribution < 1.29 is 18.7 Å². The summed E-state index contributed by atoms with van der Waals surface area (Å²) < 4.78 is 11.0. The Labute approximate surface area is 161 Å². The topological polar surface area (TPSA) is 109 Å². The Kier molecular flexibility index (Phi) is 4.60. The summed E-state index contributed by atoms with van der Waals surface area (Å²) in [6.07, 6.45) is 0.588. The zero-order chi connectivity index (χ0) is 19.7. The molecule has 1 atom stereocenters. The third kappa shape index (κ3) is 3.13. The van der Waals surface area contributed by atoms with Crippen LogP contribution < -0.4 is 15.4 Å². The Morgan fingerprint density at radius 3 is 2.89 bits per heavy atom. The van der Waals surface area contributed by atoms with Crippen LogP contribution >= 0.6 is 0 Å². The number of imidazole rings is 1. The van der Waals surface area contributed by atoms with Crippen molar-refractivity contribution >= 4 is 11.8 Å². The van der Waals surface area contributed by atoms with Crippen molar-refractivity contribution in [3.63, 3.8) is 0 Å². The maximum atomic E-state index is 12.5. The molecule has 28 heavy (non-hydrogen) atoms. The molecule has 1 unspecified atom stereocenters. The molecular formula is C20H20N4O4. The van der Waals surface area contributed by atoms with Crippen molar-refractivity contribution in [3.05, 3.63) is 59.1 Å². The minimum Gasteiger partial charge on any atom is -0.496 e. The number of amides is 2. The van der Waals surface area contributed by atoms with E-state index in [1.165, 1.54) is 7.05 Å². The predicted molar refractivity (Wildman–Crippen MR) is 101 cm³/mol. The van der Waals surface area contributed by atoms with E-state index in [0.717, 1.165) is 17.0 Å². The minimum atomic E-state index is -0.326. The van der Waals surface area contributed by atoms with Crippen LogP contribution in [0.1, 0.15) is 38.2 Å². The molecule has 2 amide bonds. The van der Waals surface area contributed by atoms with Crippen molar-refractivity contribution in [1.82, 2.24) is 20.6 Å². The van der Waals surface area contributed by atoms with Crippen LogP contribution in [0.25, 0.3) is 11.6 Å². The van der Waals surface area contributed by atoms with Gasteiger partial charge in [0.15, 0.2) is 17.3 Å². The summed E-state index contributed by atoms with van der Waals surface area (Å²) in [4.78, 5) is 31.8. The molecule has 4 rings (SSSR count). The lowest BCUT2D eigenvalue weighted by molar-refractivity contribution is 0.0932. The summed E-state index contributed by atoms with van der Waals surface area (Å²) >= 11 is 0. The van der Waals surface area contributed by atoms with Crippen molar-refractivity contribution in [2.24, 2.45) is 0 Å². The van der Waals surface area contributed by atoms with E-state index in [1.54, 1.807) is 19.2 Å². The van der Waals surface area contributed by atoms with Crippen LogP contribution in [0.4, 0.5) is 0 Å². The number of ether oxygens (including phenoxy) is 1. The fourth-order valence-corrected chi connectivity index (χ4v) is 3.41. The first-order valence-corrected chi connectivity index (χ1v) is 8.93. The summed E-state index contributed by atoms with van der Waals surface area (Å²) in [5.74, 6) is 1.24. The van der Waals surface area contributed by atoms with E-state index in [1.807, 2.05) is 24.3 Å². The molecule has 0 aliphatic carbocycles. The number of H-pyrrole nitrogens is 1. The Morgan fingerprint density at radius 1 is 1.29 bits per heavy atom. The number of carbonyl (C=O) groups excluding carboxylic acids is 2. The van der Waals surface area contributed by atoms with Crippen LogP contribution in [-0.4, -0.2) is 42.5 Å². The lowest BCUT2D eigenvalue weighted by atomic mass is 9.93. The summed E-state index contributed by atoms with van der Waals surface area (Å²) in [6.45, 7) is 0.486. The molecule has 3 heterocycles. The molecule has 1 aliphatic heterocycles. The highest BCUT2D eigenvalue weighted by molar-refractivity contribution is 5.95. The molecule has 1 aromatic carbocycles. The van der Waals surface area contributed by atoms with Gasteiger partial charge in [0, 0.05) is 25.2 Å². The van der Waals surface area contributed by atoms with Gasteiger partial charge in [0.2, 0.25) is 0 Å². The summed E-state index contributed by atoms with van der Waals surface area (Å²) in [6, 6.07) is 11.0. The largest absolute Gasteiger partial charge is 0.496 e. The van der Waals surface area contributed by atoms with E-state index in [2.05, 4.69) is 20.6 Å². The highest BCUT2D eigenvalue weighted by Gasteiger charge is 2.28. The van der Waals surface area contributed by atoms with Crippen LogP contribution in [0.2, 0.25) is 0 Å². The van der Waals surface area contributed by atoms with Crippen LogP contribution in [0, 0.1) is 0 Å². The van der Waals surface area contributed by atoms with Crippen LogP contribution in [0.5, 0.6) is 5.75 Å². The second-order valence-electron chi connectivity index (χ2n) is 6.51. The monoisotopic (exact) mass is 380 g/mol. The standard InChI is InChI=1S/C20H20N4O4/c1-21-19(25)16-8-7-15(28-16)18-23-13-9-11(10-22-20(26)17(13)24-18)12-5-3-4-6-14(12)27-2/h3-8,11H,9-10H2,1-2H3,(H,21,25)(H,22,26)(H,23,24). The van der Waals surface area contributed by atoms with E-state index in [9.17, 15) is 9.59 Å². The molecule has 0 bridgehead atoms. The molecule has 0 spiro atoms. The first kappa shape index (κ1) is 17.8. The normalized spacial score (nSPS) is 16.1. The molecule has 0 saturated heterocycles. The van der Waals surface area contributed by atoms with Crippen LogP contribution in [0.3, 0.4) is 0 Å². The van der Waals surface area contributed by atoms with Gasteiger partial charge in [-0.2, -0.15) is 0 Å². The predicted octanol–water partition coefficient (Wildman–Crippen LogP) is 2.11. The summed E-state index contributed by atoms with van der Waals surface area (Å²) in [7, 11) is 3.16. The van der Waals surface area contributed by atoms with Crippen LogP contribution in [-0.2, 0) is 6.42 Å². The molecule has 144 valence electrons. The van der Waals surface area contributed by atoms with Gasteiger partial charge in [-0.15, -0.1) is 0 Å². The minimum absolute atomic E-state index is 0.0349. The van der Waals surface area contributed by atoms with Gasteiger partial charge in [0.25, 0.3) is 11.8 Å². The van der Waals surface area contributed by atoms with Crippen molar-refractivity contribution in [3.8, 4) is 17.3 Å². The molecule has 1 aliphatic rings. The van der Waals surface area contributed by atoms with Crippen molar-refractivity contribution in [1.29, 1.82) is 0 Å². The first-order valence-electron chi connectivity index (χ1n) is 8.93. The second kappa shape index (κ2) is 7.22. The average molecular weight is 380 g/mol. The molecule has 3 aromatic rings. The van der Waals surface area contributed by atoms with Crippen LogP contribution in [0.15, 0.2) is 40.8 Å². The number of furan rings is 1. The Morgan fingerprint density at radius 2 is 2.11 bits per heavy atom. The number of aromatic amines is 1. The lowest BCUT2D eigenvalue weighted by Gasteiger charge is -2.17. The van der Waals surface area contributed by atoms with E-state index in [0.29, 0.717) is 30.2 Å². The van der Waals surface area contributed by atoms with Gasteiger partial charge in [-0.1, -0.05) is 18.2 Å². The maximum absolute atomic E-state index is 12.5. The highest BCUT2D eigenvalue weighted by atomic mass is 16.5. The SMILES string of the molecule is CNC(=O)c1ccc(-c2nc3c([nH]2)CC(c2ccccc2OC)CNC3=O)o1. The second-order valence-corrected chi connectivity index (χ2v) is 6.51. The van der Waals surface area contributed by atoms with E-state index in [-0.39, 0.29) is 23.5 Å². The molecule has 8 nitrogen and oxygen atoms in total. The zero-order valence-electron chi connectivity index (χ0n) is 15.5. The van der Waals surface area contributed by atoms with Gasteiger partial charge in [0.1, 0.15) is 11.4 Å². The molecular weight excluding hydrogens is 360 g/mol. The number of para-hydroxylation sites is 1. The number of nitrogens with one attached hydrogen (secondary N) is 3. The molecule has 8 heteroatoms. The third-order valence-corrected chi connectivity index (χ3v) is 4.82. The number of nitrogens with zero attached hydrogens (tertiary/aromatic N) is 1. The summed E-state index contributed by atoms with van der Waals surface area (Å²) in [5, 5.41) is 5.43. The Hall–Kier alpha value is -3.55. The van der Waals surface area contributed by atoms with Crippen molar-refractivity contribution in [2.45, 2.75) is 12.3 Å². The van der Waals surface area contributed by atoms with Gasteiger partial charge in [-0.25, -0.2) is 4.98 Å². The fraction of sp³-hybridized carbons (Fsp3) is 0.250. The number of benzene rings is 1. The van der Waals surface area contributed by atoms with Gasteiger partial charge >= 0.3 is 0 Å². The van der Waals surface area contributed by atoms with Gasteiger partial charge in [-0.05, 0) is 30.2 Å². The zero-order valence-corrected chi connectivity index (χ0v) is 15.5. The summed E-state index contributed by atoms with van der Waals surface area (Å²) in [5.41, 5.74) is 2.08. The fourth-order valence-electron chi connectivity index (χ4n) is 3.41. The number of hydrogen-bond donors (Lipinski definition) is 3. The number of aromatic nitrogens is 2. The average Bonchev–Trinajstić information content (AvgIpc) is 3.34. The van der Waals surface area contributed by atoms with E-state index >= 15 is 0 Å². The van der Waals surface area contributed by atoms with Gasteiger partial charge in [0.05, 0.1) is 7.11 Å². The molecule has 0 fully saturated rings. The van der Waals surface area contributed by atoms with Gasteiger partial charge < -0.3 is 24.8 Å². The first-order chi connectivity index (χ1) is 13.6. The van der Waals surface area contributed by atoms with Gasteiger partial charge in [-0.3, -0.25) is 9.59 Å². The van der Waals surface area contributed by atoms with E-state index in [4.69, 9.17) is 9.15 Å². The number of hydrogen-bond acceptors (Lipinski definition) is 5. The Bertz CT molecular complexity index is 1040. The number of rotatable bonds is 4. The molecule has 2 aromatic heterocycles. The highest BCUT2D eigenvalue weighted by Crippen LogP contribution is 2.32. The number of fused-ring (bicyclic) bond motifs is 1. The molecule has 0 radical (unpaired) electrons. The molecule has 0 saturated carbocycles. The quantitative estimate of drug-likeness (QED) is 0.642. The third-order valence-electron chi connectivity index (χ3n) is 4.82. The lowest BCUT2D eigenvalue weighted by Crippen LogP contribution is -2.26. The smallest absolute Gasteiger partial charge is 0.286 e. The molecule has 3 N–H and O–H groups in total. The number of methoxy groups -OCH3 is 1. The van der Waals surface area contributed by atoms with E-state index < -0.39 is 0 Å². The van der Waals surface area contributed by atoms with Crippen molar-refractivity contribution in [2.75, 3.05) is 20.7 Å².